The highest BCUT2D eigenvalue weighted by Crippen LogP contribution is 2.20. The van der Waals surface area contributed by atoms with E-state index >= 15 is 0 Å². The quantitative estimate of drug-likeness (QED) is 0.530. The number of hydrogen-bond donors (Lipinski definition) is 2. The molecular weight excluding hydrogens is 424 g/mol. The van der Waals surface area contributed by atoms with Crippen LogP contribution in [-0.4, -0.2) is 31.8 Å². The van der Waals surface area contributed by atoms with Crippen molar-refractivity contribution < 1.29 is 4.79 Å². The van der Waals surface area contributed by atoms with Crippen molar-refractivity contribution in [3.8, 4) is 0 Å². The Morgan fingerprint density at radius 1 is 1.12 bits per heavy atom. The average Bonchev–Trinajstić information content (AvgIpc) is 2.75. The van der Waals surface area contributed by atoms with Gasteiger partial charge < -0.3 is 10.6 Å². The molecule has 3 aromatic rings. The number of aryl methyl sites for hydroxylation is 1. The number of aromatic nitrogens is 4. The van der Waals surface area contributed by atoms with Gasteiger partial charge in [0.25, 0.3) is 5.56 Å². The van der Waals surface area contributed by atoms with Gasteiger partial charge in [-0.3, -0.25) is 28.6 Å². The smallest absolute Gasteiger partial charge is 0.330 e. The predicted molar refractivity (Wildman–Crippen MR) is 128 cm³/mol. The highest BCUT2D eigenvalue weighted by atomic mass is 16.2. The molecule has 2 aromatic heterocycles. The Bertz CT molecular complexity index is 1340. The molecule has 0 aliphatic rings. The summed E-state index contributed by atoms with van der Waals surface area (Å²) < 4.78 is 2.88. The van der Waals surface area contributed by atoms with Gasteiger partial charge in [-0.15, -0.1) is 0 Å². The number of fused-ring (bicyclic) bond motifs is 1. The molecule has 0 unspecified atom stereocenters. The summed E-state index contributed by atoms with van der Waals surface area (Å²) in [5.74, 6) is -0.207. The van der Waals surface area contributed by atoms with Crippen molar-refractivity contribution in [1.82, 2.24) is 19.3 Å². The molecule has 1 amide bonds. The number of H-pyrrole nitrogens is 1. The van der Waals surface area contributed by atoms with Gasteiger partial charge in [0.15, 0.2) is 5.69 Å². The molecule has 0 radical (unpaired) electrons. The van der Waals surface area contributed by atoms with Crippen LogP contribution in [0.25, 0.3) is 10.9 Å². The van der Waals surface area contributed by atoms with Crippen molar-refractivity contribution in [3.63, 3.8) is 0 Å². The van der Waals surface area contributed by atoms with Crippen molar-refractivity contribution >= 4 is 28.3 Å². The first-order chi connectivity index (χ1) is 15.6. The molecule has 0 fully saturated rings. The van der Waals surface area contributed by atoms with Crippen LogP contribution in [0.1, 0.15) is 34.1 Å². The van der Waals surface area contributed by atoms with Gasteiger partial charge >= 0.3 is 5.69 Å². The standard InChI is InChI=1S/C23H30N6O4/c1-14(2)12-27(20-21(24)28(13-15(3)4)23(33)26-22(20)32)19(31)9-10-29-17-8-6-5-7-16(17)18(30)11-25-29/h5-8,11,14-15H,9-10,12-13,24H2,1-4H3,(H,26,32,33). The molecule has 0 aliphatic carbocycles. The van der Waals surface area contributed by atoms with Crippen LogP contribution in [0.5, 0.6) is 0 Å². The summed E-state index contributed by atoms with van der Waals surface area (Å²) in [7, 11) is 0. The van der Waals surface area contributed by atoms with Gasteiger partial charge in [-0.05, 0) is 24.0 Å². The molecule has 2 heterocycles. The SMILES string of the molecule is CC(C)CN(C(=O)CCn1ncc(=O)c2ccccc21)c1c(N)n(CC(C)C)c(=O)[nH]c1=O. The van der Waals surface area contributed by atoms with Crippen LogP contribution in [-0.2, 0) is 17.9 Å². The van der Waals surface area contributed by atoms with Gasteiger partial charge in [0.2, 0.25) is 11.3 Å². The predicted octanol–water partition coefficient (Wildman–Crippen LogP) is 1.56. The van der Waals surface area contributed by atoms with Crippen LogP contribution in [0.4, 0.5) is 11.5 Å². The Labute approximate surface area is 190 Å². The third kappa shape index (κ3) is 5.21. The van der Waals surface area contributed by atoms with Crippen molar-refractivity contribution in [2.24, 2.45) is 11.8 Å². The zero-order valence-corrected chi connectivity index (χ0v) is 19.4. The lowest BCUT2D eigenvalue weighted by molar-refractivity contribution is -0.119. The minimum atomic E-state index is -0.696. The summed E-state index contributed by atoms with van der Waals surface area (Å²) in [5, 5.41) is 4.67. The zero-order valence-electron chi connectivity index (χ0n) is 19.4. The van der Waals surface area contributed by atoms with Gasteiger partial charge in [-0.2, -0.15) is 5.10 Å². The second-order valence-electron chi connectivity index (χ2n) is 8.89. The summed E-state index contributed by atoms with van der Waals surface area (Å²) >= 11 is 0. The van der Waals surface area contributed by atoms with E-state index in [2.05, 4.69) is 10.1 Å². The number of carbonyl (C=O) groups excluding carboxylic acids is 1. The lowest BCUT2D eigenvalue weighted by Gasteiger charge is -2.26. The molecule has 0 aliphatic heterocycles. The third-order valence-electron chi connectivity index (χ3n) is 5.18. The first-order valence-electron chi connectivity index (χ1n) is 11.0. The van der Waals surface area contributed by atoms with Crippen LogP contribution in [0.3, 0.4) is 0 Å². The first kappa shape index (κ1) is 24.0. The number of carbonyl (C=O) groups is 1. The molecule has 10 nitrogen and oxygen atoms in total. The molecule has 10 heteroatoms. The van der Waals surface area contributed by atoms with Crippen molar-refractivity contribution in [3.05, 3.63) is 61.5 Å². The van der Waals surface area contributed by atoms with E-state index in [1.54, 1.807) is 28.9 Å². The number of para-hydroxylation sites is 1. The van der Waals surface area contributed by atoms with E-state index in [4.69, 9.17) is 5.73 Å². The normalized spacial score (nSPS) is 11.5. The van der Waals surface area contributed by atoms with Crippen LogP contribution in [0, 0.1) is 11.8 Å². The Balaban J connectivity index is 1.97. The van der Waals surface area contributed by atoms with Gasteiger partial charge in [-0.25, -0.2) is 4.79 Å². The topological polar surface area (TPSA) is 136 Å². The highest BCUT2D eigenvalue weighted by Gasteiger charge is 2.25. The number of nitrogen functional groups attached to an aromatic ring is 1. The molecular formula is C23H30N6O4. The Morgan fingerprint density at radius 2 is 1.82 bits per heavy atom. The summed E-state index contributed by atoms with van der Waals surface area (Å²) in [6, 6.07) is 7.04. The maximum Gasteiger partial charge on any atom is 0.330 e. The van der Waals surface area contributed by atoms with E-state index in [0.717, 1.165) is 0 Å². The molecule has 0 saturated carbocycles. The van der Waals surface area contributed by atoms with Gasteiger partial charge in [0.05, 0.1) is 18.3 Å². The minimum absolute atomic E-state index is 0.0216. The van der Waals surface area contributed by atoms with E-state index in [0.29, 0.717) is 17.4 Å². The maximum atomic E-state index is 13.3. The number of nitrogens with zero attached hydrogens (tertiary/aromatic N) is 4. The number of rotatable bonds is 8. The van der Waals surface area contributed by atoms with Crippen molar-refractivity contribution in [2.45, 2.75) is 47.2 Å². The molecule has 33 heavy (non-hydrogen) atoms. The molecule has 176 valence electrons. The van der Waals surface area contributed by atoms with Gasteiger partial charge in [-0.1, -0.05) is 39.8 Å². The number of aromatic amines is 1. The lowest BCUT2D eigenvalue weighted by Crippen LogP contribution is -2.43. The summed E-state index contributed by atoms with van der Waals surface area (Å²) in [6.07, 6.45) is 1.25. The number of anilines is 2. The number of benzene rings is 1. The van der Waals surface area contributed by atoms with Gasteiger partial charge in [0.1, 0.15) is 5.82 Å². The number of hydrogen-bond acceptors (Lipinski definition) is 6. The summed E-state index contributed by atoms with van der Waals surface area (Å²) in [6.45, 7) is 8.47. The fourth-order valence-corrected chi connectivity index (χ4v) is 3.74. The largest absolute Gasteiger partial charge is 0.383 e. The Morgan fingerprint density at radius 3 is 2.48 bits per heavy atom. The number of nitrogens with two attached hydrogens (primary N) is 1. The van der Waals surface area contributed by atoms with E-state index in [1.807, 2.05) is 27.7 Å². The molecule has 0 spiro atoms. The molecule has 1 aromatic carbocycles. The Kier molecular flexibility index (Phi) is 7.15. The van der Waals surface area contributed by atoms with Crippen LogP contribution < -0.4 is 27.3 Å². The first-order valence-corrected chi connectivity index (χ1v) is 11.0. The summed E-state index contributed by atoms with van der Waals surface area (Å²) in [5.41, 5.74) is 5.35. The van der Waals surface area contributed by atoms with E-state index in [9.17, 15) is 19.2 Å². The van der Waals surface area contributed by atoms with Crippen LogP contribution >= 0.6 is 0 Å². The second kappa shape index (κ2) is 9.85. The monoisotopic (exact) mass is 454 g/mol. The minimum Gasteiger partial charge on any atom is -0.383 e. The van der Waals surface area contributed by atoms with Gasteiger partial charge in [0, 0.05) is 24.9 Å². The molecule has 0 atom stereocenters. The van der Waals surface area contributed by atoms with E-state index in [-0.39, 0.29) is 54.2 Å². The van der Waals surface area contributed by atoms with E-state index < -0.39 is 11.2 Å². The molecule has 3 N–H and O–H groups in total. The average molecular weight is 455 g/mol. The summed E-state index contributed by atoms with van der Waals surface area (Å²) in [4.78, 5) is 54.0. The molecule has 3 rings (SSSR count). The van der Waals surface area contributed by atoms with Crippen LogP contribution in [0.15, 0.2) is 44.8 Å². The number of amides is 1. The maximum absolute atomic E-state index is 13.3. The third-order valence-corrected chi connectivity index (χ3v) is 5.18. The molecule has 0 bridgehead atoms. The highest BCUT2D eigenvalue weighted by molar-refractivity contribution is 5.95. The van der Waals surface area contributed by atoms with Crippen molar-refractivity contribution in [2.75, 3.05) is 17.2 Å². The van der Waals surface area contributed by atoms with E-state index in [1.165, 1.54) is 15.7 Å². The molecule has 0 saturated heterocycles. The zero-order chi connectivity index (χ0) is 24.3. The second-order valence-corrected chi connectivity index (χ2v) is 8.89. The van der Waals surface area contributed by atoms with Crippen LogP contribution in [0.2, 0.25) is 0 Å². The lowest BCUT2D eigenvalue weighted by atomic mass is 10.1. The number of nitrogens with one attached hydrogen (secondary N) is 1. The Hall–Kier alpha value is -3.69. The van der Waals surface area contributed by atoms with Crippen molar-refractivity contribution in [1.29, 1.82) is 0 Å². The fourth-order valence-electron chi connectivity index (χ4n) is 3.74. The fraction of sp³-hybridized carbons (Fsp3) is 0.435.